The molecular formula is C42H55BN3O5S+. The second-order valence-corrected chi connectivity index (χ2v) is 18.0. The van der Waals surface area contributed by atoms with Gasteiger partial charge >= 0.3 is 13.2 Å². The van der Waals surface area contributed by atoms with Crippen molar-refractivity contribution in [1.82, 2.24) is 10.3 Å². The number of alkyl carbamates (subject to hydrolysis) is 1. The minimum Gasteiger partial charge on any atom is -0.449 e. The van der Waals surface area contributed by atoms with E-state index in [-0.39, 0.29) is 34.4 Å². The summed E-state index contributed by atoms with van der Waals surface area (Å²) in [4.78, 5) is 17.8. The van der Waals surface area contributed by atoms with Gasteiger partial charge in [-0.15, -0.1) is 0 Å². The number of carbonyl (C=O) groups excluding carboxylic acids is 1. The lowest BCUT2D eigenvalue weighted by Crippen LogP contribution is -2.65. The molecule has 1 aliphatic heterocycles. The molecule has 1 amide bonds. The molecule has 1 N–H and O–H groups in total. The van der Waals surface area contributed by atoms with Crippen LogP contribution in [-0.2, 0) is 56.4 Å². The molecule has 0 spiro atoms. The molecule has 10 heteroatoms. The number of carbonyl (C=O) groups is 1. The zero-order chi connectivity index (χ0) is 36.9. The highest BCUT2D eigenvalue weighted by Gasteiger charge is 2.68. The van der Waals surface area contributed by atoms with Gasteiger partial charge in [0.15, 0.2) is 0 Å². The van der Waals surface area contributed by atoms with Crippen molar-refractivity contribution in [1.29, 1.82) is 5.26 Å². The maximum absolute atomic E-state index is 13.4. The van der Waals surface area contributed by atoms with E-state index < -0.39 is 19.2 Å². The second kappa shape index (κ2) is 16.3. The number of aromatic nitrogens is 1. The average Bonchev–Trinajstić information content (AvgIpc) is 3.50. The van der Waals surface area contributed by atoms with E-state index in [4.69, 9.17) is 18.8 Å². The lowest BCUT2D eigenvalue weighted by atomic mass is 9.43. The number of pyridine rings is 1. The van der Waals surface area contributed by atoms with E-state index in [1.165, 1.54) is 18.2 Å². The molecule has 3 aromatic rings. The molecule has 6 atom stereocenters. The van der Waals surface area contributed by atoms with Crippen LogP contribution in [0.3, 0.4) is 0 Å². The summed E-state index contributed by atoms with van der Waals surface area (Å²) in [5.41, 5.74) is 4.79. The molecule has 0 radical (unpaired) electrons. The van der Waals surface area contributed by atoms with Crippen LogP contribution in [0, 0.1) is 28.6 Å². The van der Waals surface area contributed by atoms with Crippen molar-refractivity contribution in [3.63, 3.8) is 0 Å². The van der Waals surface area contributed by atoms with E-state index in [2.05, 4.69) is 87.6 Å². The summed E-state index contributed by atoms with van der Waals surface area (Å²) in [7, 11) is -0.563. The summed E-state index contributed by atoms with van der Waals surface area (Å²) in [5.74, 6) is 0.291. The average molecular weight is 725 g/mol. The van der Waals surface area contributed by atoms with Crippen molar-refractivity contribution < 1.29 is 23.6 Å². The Morgan fingerprint density at radius 2 is 1.79 bits per heavy atom. The topological polar surface area (TPSA) is 103 Å². The Morgan fingerprint density at radius 1 is 1.04 bits per heavy atom. The van der Waals surface area contributed by atoms with Crippen LogP contribution in [-0.4, -0.2) is 60.1 Å². The molecule has 3 saturated carbocycles. The molecule has 276 valence electrons. The van der Waals surface area contributed by atoms with Gasteiger partial charge in [-0.25, -0.2) is 4.79 Å². The Balaban J connectivity index is 1.11. The molecule has 8 nitrogen and oxygen atoms in total. The van der Waals surface area contributed by atoms with Crippen LogP contribution >= 0.6 is 0 Å². The molecule has 3 aliphatic carbocycles. The molecule has 1 saturated heterocycles. The summed E-state index contributed by atoms with van der Waals surface area (Å²) in [6, 6.07) is 24.6. The minimum atomic E-state index is -0.563. The Bertz CT molecular complexity index is 1700. The zero-order valence-corrected chi connectivity index (χ0v) is 32.5. The number of rotatable bonds is 16. The number of ether oxygens (including phenoxy) is 2. The SMILES string of the molecule is C[SH+]C(C)(C)CCOCc1cc(CCOC(=O)N[C@@H](Cc2ccccc2)B2O[C@@H]3CC4CC(C4(C)C)[C@]3(C)O2)cc(CC(C#N)c2ccccn2)c1. The van der Waals surface area contributed by atoms with Gasteiger partial charge in [0.05, 0.1) is 61.4 Å². The number of amides is 1. The van der Waals surface area contributed by atoms with Gasteiger partial charge < -0.3 is 24.1 Å². The molecule has 7 rings (SSSR count). The van der Waals surface area contributed by atoms with E-state index in [0.717, 1.165) is 40.8 Å². The fourth-order valence-electron chi connectivity index (χ4n) is 8.45. The molecule has 2 aromatic carbocycles. The largest absolute Gasteiger partial charge is 0.482 e. The highest BCUT2D eigenvalue weighted by Crippen LogP contribution is 2.65. The van der Waals surface area contributed by atoms with Gasteiger partial charge in [-0.05, 0) is 110 Å². The van der Waals surface area contributed by atoms with Crippen molar-refractivity contribution in [2.24, 2.45) is 17.3 Å². The van der Waals surface area contributed by atoms with E-state index in [1.54, 1.807) is 6.20 Å². The Morgan fingerprint density at radius 3 is 2.50 bits per heavy atom. The molecule has 2 bridgehead atoms. The third-order valence-electron chi connectivity index (χ3n) is 12.0. The van der Waals surface area contributed by atoms with Crippen LogP contribution in [0.4, 0.5) is 4.79 Å². The summed E-state index contributed by atoms with van der Waals surface area (Å²) in [6.45, 7) is 12.7. The van der Waals surface area contributed by atoms with Crippen LogP contribution < -0.4 is 5.32 Å². The van der Waals surface area contributed by atoms with Gasteiger partial charge in [0.1, 0.15) is 4.75 Å². The van der Waals surface area contributed by atoms with Crippen LogP contribution in [0.1, 0.15) is 87.7 Å². The van der Waals surface area contributed by atoms with E-state index in [0.29, 0.717) is 44.3 Å². The molecule has 52 heavy (non-hydrogen) atoms. The maximum atomic E-state index is 13.4. The first-order valence-electron chi connectivity index (χ1n) is 18.8. The van der Waals surface area contributed by atoms with Crippen LogP contribution in [0.15, 0.2) is 72.9 Å². The van der Waals surface area contributed by atoms with Gasteiger partial charge in [-0.2, -0.15) is 5.26 Å². The van der Waals surface area contributed by atoms with Gasteiger partial charge in [0.25, 0.3) is 0 Å². The van der Waals surface area contributed by atoms with Crippen LogP contribution in [0.2, 0.25) is 0 Å². The second-order valence-electron chi connectivity index (χ2n) is 16.3. The van der Waals surface area contributed by atoms with Gasteiger partial charge in [0, 0.05) is 19.0 Å². The van der Waals surface area contributed by atoms with Crippen molar-refractivity contribution >= 4 is 25.0 Å². The first-order chi connectivity index (χ1) is 24.9. The number of nitriles is 1. The van der Waals surface area contributed by atoms with Crippen molar-refractivity contribution in [2.75, 3.05) is 19.5 Å². The maximum Gasteiger partial charge on any atom is 0.482 e. The molecule has 2 heterocycles. The highest BCUT2D eigenvalue weighted by atomic mass is 32.2. The number of nitrogens with one attached hydrogen (secondary N) is 1. The number of hydrogen-bond donors (Lipinski definition) is 1. The highest BCUT2D eigenvalue weighted by molar-refractivity contribution is 7.79. The Hall–Kier alpha value is -3.36. The zero-order valence-electron chi connectivity index (χ0n) is 31.6. The summed E-state index contributed by atoms with van der Waals surface area (Å²) < 4.78 is 25.5. The fraction of sp³-hybridized carbons (Fsp3) is 0.548. The standard InChI is InChI=1S/C42H54BN3O5S/c1-40(2,52-6)16-19-48-28-32-21-30(20-31(22-32)23-33(27-44)35-14-10-11-17-45-35)15-18-49-39(47)46-38(24-29-12-8-7-9-13-29)43-50-37-26-34-25-36(41(34,3)4)42(37,5)51-43/h7-14,17,20-22,33-34,36-38H,15-16,18-19,23-26,28H2,1-6H3,(H,46,47)/p+1/t33?,34?,36?,37-,38+,42+/m1/s1. The fourth-order valence-corrected chi connectivity index (χ4v) is 8.77. The van der Waals surface area contributed by atoms with Gasteiger partial charge in [0.2, 0.25) is 0 Å². The molecule has 1 aromatic heterocycles. The lowest BCUT2D eigenvalue weighted by Gasteiger charge is -2.64. The normalized spacial score (nSPS) is 24.2. The predicted molar refractivity (Wildman–Crippen MR) is 208 cm³/mol. The Labute approximate surface area is 314 Å². The van der Waals surface area contributed by atoms with Crippen molar-refractivity contribution in [3.8, 4) is 6.07 Å². The summed E-state index contributed by atoms with van der Waals surface area (Å²) >= 11 is 1.34. The molecule has 3 unspecified atom stereocenters. The first kappa shape index (κ1) is 38.4. The quantitative estimate of drug-likeness (QED) is 0.0721. The first-order valence-corrected chi connectivity index (χ1v) is 20.2. The van der Waals surface area contributed by atoms with Crippen molar-refractivity contribution in [2.45, 2.75) is 108 Å². The molecular weight excluding hydrogens is 669 g/mol. The van der Waals surface area contributed by atoms with E-state index >= 15 is 0 Å². The van der Waals surface area contributed by atoms with Crippen LogP contribution in [0.25, 0.3) is 0 Å². The van der Waals surface area contributed by atoms with E-state index in [9.17, 15) is 10.1 Å². The smallest absolute Gasteiger partial charge is 0.449 e. The lowest BCUT2D eigenvalue weighted by molar-refractivity contribution is -0.199. The third kappa shape index (κ3) is 8.87. The van der Waals surface area contributed by atoms with Gasteiger partial charge in [-0.1, -0.05) is 68.4 Å². The number of hydrogen-bond acceptors (Lipinski definition) is 7. The minimum absolute atomic E-state index is 0.0203. The Kier molecular flexibility index (Phi) is 12.1. The molecule has 4 fully saturated rings. The monoisotopic (exact) mass is 724 g/mol. The number of nitrogens with zero attached hydrogens (tertiary/aromatic N) is 2. The van der Waals surface area contributed by atoms with E-state index in [1.807, 2.05) is 36.4 Å². The molecule has 4 aliphatic rings. The van der Waals surface area contributed by atoms with Gasteiger partial charge in [-0.3, -0.25) is 4.98 Å². The third-order valence-corrected chi connectivity index (χ3v) is 13.4. The number of benzene rings is 2. The predicted octanol–water partition coefficient (Wildman–Crippen LogP) is 7.21. The number of thiol groups is 1. The summed E-state index contributed by atoms with van der Waals surface area (Å²) in [6.07, 6.45) is 8.17. The van der Waals surface area contributed by atoms with Crippen molar-refractivity contribution in [3.05, 3.63) is 101 Å². The summed E-state index contributed by atoms with van der Waals surface area (Å²) in [5, 5.41) is 13.1. The van der Waals surface area contributed by atoms with Crippen LogP contribution in [0.5, 0.6) is 0 Å².